The zero-order valence-electron chi connectivity index (χ0n) is 7.85. The number of hydrogen-bond donors (Lipinski definition) is 3. The van der Waals surface area contributed by atoms with Gasteiger partial charge >= 0.3 is 0 Å². The predicted octanol–water partition coefficient (Wildman–Crippen LogP) is -0.884. The molecule has 15 heavy (non-hydrogen) atoms. The molecule has 2 rings (SSSR count). The highest BCUT2D eigenvalue weighted by Gasteiger charge is 2.21. The van der Waals surface area contributed by atoms with Crippen LogP contribution in [-0.2, 0) is 0 Å². The quantitative estimate of drug-likeness (QED) is 0.610. The molecule has 6 heteroatoms. The molecular weight excluding hydrogens is 198 g/mol. The van der Waals surface area contributed by atoms with Crippen LogP contribution in [0.4, 0.5) is 0 Å². The number of fused-ring (bicyclic) bond motifs is 1. The Bertz CT molecular complexity index is 457. The van der Waals surface area contributed by atoms with E-state index in [0.29, 0.717) is 11.3 Å². The van der Waals surface area contributed by atoms with Gasteiger partial charge in [0.15, 0.2) is 5.65 Å². The van der Waals surface area contributed by atoms with Gasteiger partial charge in [0, 0.05) is 6.20 Å². The molecule has 2 atom stereocenters. The molecule has 3 N–H and O–H groups in total. The molecule has 0 fully saturated rings. The molecule has 0 saturated carbocycles. The minimum Gasteiger partial charge on any atom is -0.394 e. The van der Waals surface area contributed by atoms with E-state index in [1.165, 1.54) is 10.7 Å². The fourth-order valence-electron chi connectivity index (χ4n) is 1.35. The SMILES string of the molecule is OCC(O)C(O)c1cnc2cccnn12. The minimum absolute atomic E-state index is 0.354. The first-order chi connectivity index (χ1) is 7.24. The predicted molar refractivity (Wildman–Crippen MR) is 51.0 cm³/mol. The van der Waals surface area contributed by atoms with E-state index in [1.54, 1.807) is 18.3 Å². The van der Waals surface area contributed by atoms with Crippen LogP contribution in [0.5, 0.6) is 0 Å². The van der Waals surface area contributed by atoms with E-state index >= 15 is 0 Å². The summed E-state index contributed by atoms with van der Waals surface area (Å²) in [6, 6.07) is 3.45. The number of hydrogen-bond acceptors (Lipinski definition) is 5. The summed E-state index contributed by atoms with van der Waals surface area (Å²) >= 11 is 0. The summed E-state index contributed by atoms with van der Waals surface area (Å²) < 4.78 is 1.42. The summed E-state index contributed by atoms with van der Waals surface area (Å²) in [5.41, 5.74) is 0.934. The van der Waals surface area contributed by atoms with Crippen molar-refractivity contribution < 1.29 is 15.3 Å². The number of aliphatic hydroxyl groups is 3. The number of imidazole rings is 1. The summed E-state index contributed by atoms with van der Waals surface area (Å²) in [5, 5.41) is 31.7. The zero-order valence-corrected chi connectivity index (χ0v) is 7.85. The number of aromatic nitrogens is 3. The van der Waals surface area contributed by atoms with Gasteiger partial charge in [-0.3, -0.25) is 0 Å². The Balaban J connectivity index is 2.43. The van der Waals surface area contributed by atoms with Gasteiger partial charge in [0.05, 0.1) is 18.5 Å². The third kappa shape index (κ3) is 1.70. The second-order valence-electron chi connectivity index (χ2n) is 3.17. The van der Waals surface area contributed by atoms with Crippen molar-refractivity contribution in [3.8, 4) is 0 Å². The summed E-state index contributed by atoms with van der Waals surface area (Å²) in [6.07, 6.45) is 0.550. The van der Waals surface area contributed by atoms with Gasteiger partial charge in [-0.15, -0.1) is 0 Å². The van der Waals surface area contributed by atoms with Gasteiger partial charge < -0.3 is 15.3 Å². The van der Waals surface area contributed by atoms with Crippen molar-refractivity contribution >= 4 is 5.65 Å². The highest BCUT2D eigenvalue weighted by atomic mass is 16.4. The average molecular weight is 209 g/mol. The second-order valence-corrected chi connectivity index (χ2v) is 3.17. The van der Waals surface area contributed by atoms with E-state index in [9.17, 15) is 10.2 Å². The normalized spacial score (nSPS) is 15.4. The maximum Gasteiger partial charge on any atom is 0.153 e. The topological polar surface area (TPSA) is 90.9 Å². The van der Waals surface area contributed by atoms with Gasteiger partial charge in [-0.2, -0.15) is 5.10 Å². The van der Waals surface area contributed by atoms with Crippen molar-refractivity contribution in [1.82, 2.24) is 14.6 Å². The number of nitrogens with zero attached hydrogens (tertiary/aromatic N) is 3. The molecule has 0 saturated heterocycles. The summed E-state index contributed by atoms with van der Waals surface area (Å²) in [4.78, 5) is 4.00. The first-order valence-corrected chi connectivity index (χ1v) is 4.49. The fourth-order valence-corrected chi connectivity index (χ4v) is 1.35. The van der Waals surface area contributed by atoms with Crippen LogP contribution in [-0.4, -0.2) is 42.6 Å². The smallest absolute Gasteiger partial charge is 0.153 e. The third-order valence-corrected chi connectivity index (χ3v) is 2.16. The van der Waals surface area contributed by atoms with E-state index in [0.717, 1.165) is 0 Å². The highest BCUT2D eigenvalue weighted by molar-refractivity contribution is 5.38. The van der Waals surface area contributed by atoms with E-state index in [4.69, 9.17) is 5.11 Å². The van der Waals surface area contributed by atoms with Crippen LogP contribution in [0, 0.1) is 0 Å². The maximum atomic E-state index is 9.67. The van der Waals surface area contributed by atoms with E-state index in [1.807, 2.05) is 0 Å². The first kappa shape index (κ1) is 10.0. The molecule has 0 radical (unpaired) electrons. The van der Waals surface area contributed by atoms with E-state index in [-0.39, 0.29) is 0 Å². The molecule has 0 spiro atoms. The molecule has 0 amide bonds. The summed E-state index contributed by atoms with van der Waals surface area (Å²) in [6.45, 7) is -0.513. The van der Waals surface area contributed by atoms with Crippen molar-refractivity contribution in [3.63, 3.8) is 0 Å². The molecule has 2 heterocycles. The van der Waals surface area contributed by atoms with Crippen LogP contribution in [0.15, 0.2) is 24.5 Å². The van der Waals surface area contributed by atoms with Gasteiger partial charge in [-0.05, 0) is 12.1 Å². The lowest BCUT2D eigenvalue weighted by atomic mass is 10.1. The van der Waals surface area contributed by atoms with Crippen molar-refractivity contribution in [2.75, 3.05) is 6.61 Å². The molecular formula is C9H11N3O3. The van der Waals surface area contributed by atoms with Gasteiger partial charge in [0.25, 0.3) is 0 Å². The Morgan fingerprint density at radius 3 is 2.93 bits per heavy atom. The Morgan fingerprint density at radius 1 is 1.40 bits per heavy atom. The van der Waals surface area contributed by atoms with Crippen molar-refractivity contribution in [3.05, 3.63) is 30.2 Å². The molecule has 0 aliphatic rings. The second kappa shape index (κ2) is 3.93. The third-order valence-electron chi connectivity index (χ3n) is 2.16. The molecule has 6 nitrogen and oxygen atoms in total. The van der Waals surface area contributed by atoms with Gasteiger partial charge in [-0.25, -0.2) is 9.50 Å². The van der Waals surface area contributed by atoms with Crippen LogP contribution in [0.3, 0.4) is 0 Å². The Hall–Kier alpha value is -1.50. The molecule has 2 aromatic rings. The van der Waals surface area contributed by atoms with Gasteiger partial charge in [-0.1, -0.05) is 0 Å². The largest absolute Gasteiger partial charge is 0.394 e. The molecule has 0 aromatic carbocycles. The standard InChI is InChI=1S/C9H11N3O3/c13-5-7(14)9(15)6-4-10-8-2-1-3-11-12(6)8/h1-4,7,9,13-15H,5H2. The molecule has 0 aliphatic carbocycles. The van der Waals surface area contributed by atoms with Gasteiger partial charge in [0.1, 0.15) is 12.2 Å². The maximum absolute atomic E-state index is 9.67. The van der Waals surface area contributed by atoms with E-state index in [2.05, 4.69) is 10.1 Å². The fraction of sp³-hybridized carbons (Fsp3) is 0.333. The van der Waals surface area contributed by atoms with Crippen LogP contribution in [0.1, 0.15) is 11.8 Å². The Labute approximate surface area is 85.4 Å². The average Bonchev–Trinajstić information content (AvgIpc) is 2.70. The van der Waals surface area contributed by atoms with E-state index < -0.39 is 18.8 Å². The molecule has 2 unspecified atom stereocenters. The van der Waals surface area contributed by atoms with Crippen LogP contribution >= 0.6 is 0 Å². The number of rotatable bonds is 3. The zero-order chi connectivity index (χ0) is 10.8. The Kier molecular flexibility index (Phi) is 2.63. The molecule has 0 bridgehead atoms. The van der Waals surface area contributed by atoms with Crippen LogP contribution < -0.4 is 0 Å². The Morgan fingerprint density at radius 2 is 2.20 bits per heavy atom. The van der Waals surface area contributed by atoms with Crippen molar-refractivity contribution in [2.24, 2.45) is 0 Å². The monoisotopic (exact) mass is 209 g/mol. The van der Waals surface area contributed by atoms with Crippen LogP contribution in [0.2, 0.25) is 0 Å². The number of aliphatic hydroxyl groups excluding tert-OH is 3. The minimum atomic E-state index is -1.23. The van der Waals surface area contributed by atoms with Crippen molar-refractivity contribution in [1.29, 1.82) is 0 Å². The molecule has 0 aliphatic heterocycles. The van der Waals surface area contributed by atoms with Crippen LogP contribution in [0.25, 0.3) is 5.65 Å². The molecule has 80 valence electrons. The summed E-state index contributed by atoms with van der Waals surface area (Å²) in [7, 11) is 0. The molecule has 2 aromatic heterocycles. The lowest BCUT2D eigenvalue weighted by Gasteiger charge is -2.14. The first-order valence-electron chi connectivity index (χ1n) is 4.49. The highest BCUT2D eigenvalue weighted by Crippen LogP contribution is 2.16. The lowest BCUT2D eigenvalue weighted by Crippen LogP contribution is -2.23. The van der Waals surface area contributed by atoms with Gasteiger partial charge in [0.2, 0.25) is 0 Å². The lowest BCUT2D eigenvalue weighted by molar-refractivity contribution is -0.0181. The van der Waals surface area contributed by atoms with Crippen molar-refractivity contribution in [2.45, 2.75) is 12.2 Å². The summed E-state index contributed by atoms with van der Waals surface area (Å²) in [5.74, 6) is 0.